The van der Waals surface area contributed by atoms with Gasteiger partial charge in [0.1, 0.15) is 5.54 Å². The summed E-state index contributed by atoms with van der Waals surface area (Å²) < 4.78 is 20.2. The first-order chi connectivity index (χ1) is 15.1. The summed E-state index contributed by atoms with van der Waals surface area (Å²) in [5.74, 6) is -0.186. The molecule has 1 aliphatic rings. The lowest BCUT2D eigenvalue weighted by molar-refractivity contribution is 0.387. The third-order valence-electron chi connectivity index (χ3n) is 5.80. The highest BCUT2D eigenvalue weighted by molar-refractivity contribution is 5.68. The Morgan fingerprint density at radius 2 is 1.77 bits per heavy atom. The molecule has 5 nitrogen and oxygen atoms in total. The molecule has 31 heavy (non-hydrogen) atoms. The third kappa shape index (κ3) is 3.00. The Labute approximate surface area is 179 Å². The van der Waals surface area contributed by atoms with Gasteiger partial charge in [0.2, 0.25) is 0 Å². The molecule has 2 atom stereocenters. The van der Waals surface area contributed by atoms with Crippen molar-refractivity contribution in [3.63, 3.8) is 0 Å². The topological polar surface area (TPSA) is 73.1 Å². The second-order valence-corrected chi connectivity index (χ2v) is 7.45. The maximum atomic E-state index is 15.0. The molecule has 0 spiro atoms. The third-order valence-corrected chi connectivity index (χ3v) is 5.80. The number of pyridine rings is 2. The van der Waals surface area contributed by atoms with Crippen LogP contribution in [0.1, 0.15) is 28.6 Å². The van der Waals surface area contributed by atoms with Gasteiger partial charge in [0.15, 0.2) is 11.6 Å². The van der Waals surface area contributed by atoms with E-state index in [2.05, 4.69) is 10.3 Å². The van der Waals surface area contributed by atoms with Gasteiger partial charge in [-0.2, -0.15) is 0 Å². The number of hydrogen-bond acceptors (Lipinski definition) is 5. The van der Waals surface area contributed by atoms with Crippen molar-refractivity contribution in [2.75, 3.05) is 7.11 Å². The summed E-state index contributed by atoms with van der Waals surface area (Å²) in [6, 6.07) is 20.7. The maximum Gasteiger partial charge on any atom is 0.172 e. The summed E-state index contributed by atoms with van der Waals surface area (Å²) in [6.07, 6.45) is 4.86. The number of rotatable bonds is 4. The number of fused-ring (bicyclic) bond motifs is 1. The molecule has 1 aliphatic heterocycles. The Balaban J connectivity index is 1.75. The summed E-state index contributed by atoms with van der Waals surface area (Å²) >= 11 is 0. The van der Waals surface area contributed by atoms with Crippen LogP contribution in [0.4, 0.5) is 4.39 Å². The summed E-state index contributed by atoms with van der Waals surface area (Å²) in [6.45, 7) is 0. The maximum absolute atomic E-state index is 15.0. The SMILES string of the molecule is COc1cccc(-c2cccc(C3(c4ccncc4)NC(N)c4cccnc43)c2)c1F. The normalized spacial score (nSPS) is 19.8. The quantitative estimate of drug-likeness (QED) is 0.527. The van der Waals surface area contributed by atoms with E-state index in [4.69, 9.17) is 15.5 Å². The molecular formula is C25H21FN4O. The molecular weight excluding hydrogens is 391 g/mol. The van der Waals surface area contributed by atoms with Gasteiger partial charge in [0.05, 0.1) is 19.0 Å². The van der Waals surface area contributed by atoms with Gasteiger partial charge in [0.25, 0.3) is 0 Å². The van der Waals surface area contributed by atoms with Crippen LogP contribution >= 0.6 is 0 Å². The summed E-state index contributed by atoms with van der Waals surface area (Å²) in [5.41, 5.74) is 10.5. The molecule has 0 saturated carbocycles. The molecule has 4 aromatic rings. The molecule has 0 aliphatic carbocycles. The number of aromatic nitrogens is 2. The molecule has 0 saturated heterocycles. The second kappa shape index (κ2) is 7.58. The minimum absolute atomic E-state index is 0.208. The summed E-state index contributed by atoms with van der Waals surface area (Å²) in [4.78, 5) is 8.88. The first-order valence-corrected chi connectivity index (χ1v) is 9.97. The van der Waals surface area contributed by atoms with E-state index in [9.17, 15) is 0 Å². The molecule has 2 aromatic carbocycles. The van der Waals surface area contributed by atoms with Crippen molar-refractivity contribution in [2.24, 2.45) is 5.73 Å². The smallest absolute Gasteiger partial charge is 0.172 e. The van der Waals surface area contributed by atoms with Gasteiger partial charge in [-0.1, -0.05) is 36.4 Å². The molecule has 6 heteroatoms. The van der Waals surface area contributed by atoms with Crippen molar-refractivity contribution in [1.29, 1.82) is 0 Å². The van der Waals surface area contributed by atoms with Crippen molar-refractivity contribution in [1.82, 2.24) is 15.3 Å². The fourth-order valence-electron chi connectivity index (χ4n) is 4.38. The van der Waals surface area contributed by atoms with Gasteiger partial charge in [0, 0.05) is 29.7 Å². The van der Waals surface area contributed by atoms with Crippen LogP contribution in [0.25, 0.3) is 11.1 Å². The minimum Gasteiger partial charge on any atom is -0.494 e. The van der Waals surface area contributed by atoms with Crippen molar-refractivity contribution in [3.05, 3.63) is 114 Å². The fraction of sp³-hybridized carbons (Fsp3) is 0.120. The lowest BCUT2D eigenvalue weighted by Gasteiger charge is -2.32. The second-order valence-electron chi connectivity index (χ2n) is 7.45. The molecule has 3 heterocycles. The summed E-state index contributed by atoms with van der Waals surface area (Å²) in [7, 11) is 1.46. The number of nitrogens with zero attached hydrogens (tertiary/aromatic N) is 2. The van der Waals surface area contributed by atoms with E-state index in [0.29, 0.717) is 5.56 Å². The number of methoxy groups -OCH3 is 1. The van der Waals surface area contributed by atoms with E-state index in [1.807, 2.05) is 48.5 Å². The largest absolute Gasteiger partial charge is 0.494 e. The van der Waals surface area contributed by atoms with Crippen LogP contribution in [-0.4, -0.2) is 17.1 Å². The van der Waals surface area contributed by atoms with E-state index in [0.717, 1.165) is 27.9 Å². The molecule has 0 amide bonds. The number of nitrogens with one attached hydrogen (secondary N) is 1. The molecule has 2 aromatic heterocycles. The van der Waals surface area contributed by atoms with Crippen molar-refractivity contribution >= 4 is 0 Å². The van der Waals surface area contributed by atoms with Crippen LogP contribution in [0.15, 0.2) is 85.3 Å². The average molecular weight is 412 g/mol. The fourth-order valence-corrected chi connectivity index (χ4v) is 4.38. The molecule has 154 valence electrons. The zero-order chi connectivity index (χ0) is 21.4. The van der Waals surface area contributed by atoms with E-state index in [1.165, 1.54) is 7.11 Å². The number of halogens is 1. The number of benzene rings is 2. The van der Waals surface area contributed by atoms with Crippen LogP contribution < -0.4 is 15.8 Å². The van der Waals surface area contributed by atoms with E-state index in [-0.39, 0.29) is 5.75 Å². The predicted octanol–water partition coefficient (Wildman–Crippen LogP) is 4.14. The van der Waals surface area contributed by atoms with Gasteiger partial charge in [-0.3, -0.25) is 15.3 Å². The van der Waals surface area contributed by atoms with Gasteiger partial charge in [-0.05, 0) is 47.0 Å². The molecule has 2 unspecified atom stereocenters. The average Bonchev–Trinajstić information content (AvgIpc) is 3.13. The zero-order valence-electron chi connectivity index (χ0n) is 16.9. The van der Waals surface area contributed by atoms with Gasteiger partial charge >= 0.3 is 0 Å². The van der Waals surface area contributed by atoms with Crippen LogP contribution in [0.3, 0.4) is 0 Å². The minimum atomic E-state index is -0.787. The Morgan fingerprint density at radius 1 is 0.968 bits per heavy atom. The lowest BCUT2D eigenvalue weighted by Crippen LogP contribution is -2.43. The van der Waals surface area contributed by atoms with Crippen molar-refractivity contribution in [3.8, 4) is 16.9 Å². The van der Waals surface area contributed by atoms with E-state index in [1.54, 1.807) is 36.8 Å². The van der Waals surface area contributed by atoms with Crippen molar-refractivity contribution < 1.29 is 9.13 Å². The first kappa shape index (κ1) is 19.4. The highest BCUT2D eigenvalue weighted by Crippen LogP contribution is 2.45. The number of hydrogen-bond donors (Lipinski definition) is 2. The molecule has 0 fully saturated rings. The molecule has 0 bridgehead atoms. The highest BCUT2D eigenvalue weighted by atomic mass is 19.1. The van der Waals surface area contributed by atoms with Crippen LogP contribution in [0.2, 0.25) is 0 Å². The Hall–Kier alpha value is -3.61. The Kier molecular flexibility index (Phi) is 4.73. The number of nitrogens with two attached hydrogens (primary N) is 1. The van der Waals surface area contributed by atoms with Gasteiger partial charge in [-0.15, -0.1) is 0 Å². The van der Waals surface area contributed by atoms with E-state index < -0.39 is 17.5 Å². The van der Waals surface area contributed by atoms with Crippen molar-refractivity contribution in [2.45, 2.75) is 11.7 Å². The number of ether oxygens (including phenoxy) is 1. The van der Waals surface area contributed by atoms with Crippen LogP contribution in [0, 0.1) is 5.82 Å². The van der Waals surface area contributed by atoms with Gasteiger partial charge < -0.3 is 10.5 Å². The Morgan fingerprint density at radius 3 is 2.58 bits per heavy atom. The van der Waals surface area contributed by atoms with Gasteiger partial charge in [-0.25, -0.2) is 4.39 Å². The molecule has 3 N–H and O–H groups in total. The first-order valence-electron chi connectivity index (χ1n) is 9.97. The van der Waals surface area contributed by atoms with E-state index >= 15 is 4.39 Å². The highest BCUT2D eigenvalue weighted by Gasteiger charge is 2.46. The van der Waals surface area contributed by atoms with Crippen LogP contribution in [0.5, 0.6) is 5.75 Å². The lowest BCUT2D eigenvalue weighted by atomic mass is 9.80. The zero-order valence-corrected chi connectivity index (χ0v) is 16.9. The van der Waals surface area contributed by atoms with Crippen LogP contribution in [-0.2, 0) is 5.54 Å². The predicted molar refractivity (Wildman–Crippen MR) is 117 cm³/mol. The standard InChI is InChI=1S/C25H21FN4O/c1-31-21-9-3-7-19(22(21)26)16-5-2-6-18(15-16)25(17-10-13-28-14-11-17)23-20(24(27)30-25)8-4-12-29-23/h2-15,24,30H,27H2,1H3. The Bertz CT molecular complexity index is 1250. The molecule has 5 rings (SSSR count). The summed E-state index contributed by atoms with van der Waals surface area (Å²) in [5, 5.41) is 3.55. The molecule has 0 radical (unpaired) electrons. The monoisotopic (exact) mass is 412 g/mol.